The summed E-state index contributed by atoms with van der Waals surface area (Å²) in [7, 11) is 0. The van der Waals surface area contributed by atoms with Crippen LogP contribution in [0.5, 0.6) is 0 Å². The third-order valence-electron chi connectivity index (χ3n) is 4.41. The number of hydrogen-bond donors (Lipinski definition) is 1. The Morgan fingerprint density at radius 1 is 1.21 bits per heavy atom. The van der Waals surface area contributed by atoms with Crippen molar-refractivity contribution in [2.45, 2.75) is 6.42 Å². The molecule has 0 aromatic heterocycles. The molecule has 1 amide bonds. The molecule has 3 rings (SSSR count). The lowest BCUT2D eigenvalue weighted by Crippen LogP contribution is -2.50. The van der Waals surface area contributed by atoms with Crippen LogP contribution in [0, 0.1) is 16.0 Å². The Morgan fingerprint density at radius 3 is 2.50 bits per heavy atom. The average Bonchev–Trinajstić information content (AvgIpc) is 3.09. The molecule has 1 aromatic carbocycles. The van der Waals surface area contributed by atoms with E-state index in [9.17, 15) is 14.9 Å². The number of piperazine rings is 1. The van der Waals surface area contributed by atoms with Gasteiger partial charge in [0.05, 0.1) is 10.8 Å². The van der Waals surface area contributed by atoms with Gasteiger partial charge in [-0.3, -0.25) is 14.9 Å². The van der Waals surface area contributed by atoms with Gasteiger partial charge in [0, 0.05) is 50.5 Å². The predicted molar refractivity (Wildman–Crippen MR) is 97.4 cm³/mol. The van der Waals surface area contributed by atoms with Crippen molar-refractivity contribution >= 4 is 42.1 Å². The van der Waals surface area contributed by atoms with Crippen LogP contribution in [0.15, 0.2) is 24.3 Å². The van der Waals surface area contributed by atoms with E-state index in [4.69, 9.17) is 0 Å². The van der Waals surface area contributed by atoms with E-state index in [2.05, 4.69) is 10.2 Å². The largest absolute Gasteiger partial charge is 0.368 e. The number of non-ortho nitro benzene ring substituents is 1. The standard InChI is InChI=1S/C15H20N4O3.2ClH/c20-15(12-4-5-16-11-12)18-8-6-17(7-9-18)13-2-1-3-14(10-13)19(21)22;;/h1-3,10,12,16H,4-9,11H2;2*1H. The van der Waals surface area contributed by atoms with E-state index in [0.717, 1.165) is 25.2 Å². The molecule has 2 aliphatic heterocycles. The second kappa shape index (κ2) is 9.05. The lowest BCUT2D eigenvalue weighted by Gasteiger charge is -2.37. The number of nitro groups is 1. The summed E-state index contributed by atoms with van der Waals surface area (Å²) in [5.41, 5.74) is 0.955. The molecule has 1 atom stereocenters. The Balaban J connectivity index is 0.00000144. The average molecular weight is 377 g/mol. The van der Waals surface area contributed by atoms with Crippen molar-refractivity contribution in [2.24, 2.45) is 5.92 Å². The number of halogens is 2. The number of nitrogens with one attached hydrogen (secondary N) is 1. The maximum atomic E-state index is 12.4. The number of carbonyl (C=O) groups is 1. The fourth-order valence-electron chi connectivity index (χ4n) is 3.11. The Bertz CT molecular complexity index is 574. The third-order valence-corrected chi connectivity index (χ3v) is 4.41. The van der Waals surface area contributed by atoms with E-state index in [1.165, 1.54) is 6.07 Å². The van der Waals surface area contributed by atoms with Crippen LogP contribution in [0.2, 0.25) is 0 Å². The first kappa shape index (κ1) is 20.5. The first-order chi connectivity index (χ1) is 10.6. The van der Waals surface area contributed by atoms with Gasteiger partial charge in [-0.1, -0.05) is 6.07 Å². The van der Waals surface area contributed by atoms with Crippen LogP contribution in [0.3, 0.4) is 0 Å². The molecule has 0 radical (unpaired) electrons. The van der Waals surface area contributed by atoms with Crippen molar-refractivity contribution in [3.05, 3.63) is 34.4 Å². The summed E-state index contributed by atoms with van der Waals surface area (Å²) in [4.78, 5) is 26.9. The van der Waals surface area contributed by atoms with Crippen molar-refractivity contribution in [1.29, 1.82) is 0 Å². The molecule has 2 fully saturated rings. The van der Waals surface area contributed by atoms with E-state index in [-0.39, 0.29) is 47.2 Å². The lowest BCUT2D eigenvalue weighted by atomic mass is 10.1. The molecule has 2 heterocycles. The van der Waals surface area contributed by atoms with Crippen molar-refractivity contribution in [1.82, 2.24) is 10.2 Å². The van der Waals surface area contributed by atoms with Crippen molar-refractivity contribution in [3.8, 4) is 0 Å². The van der Waals surface area contributed by atoms with Crippen LogP contribution in [0.4, 0.5) is 11.4 Å². The highest BCUT2D eigenvalue weighted by atomic mass is 35.5. The number of nitrogens with zero attached hydrogens (tertiary/aromatic N) is 3. The molecule has 9 heteroatoms. The smallest absolute Gasteiger partial charge is 0.271 e. The Kier molecular flexibility index (Phi) is 7.72. The van der Waals surface area contributed by atoms with Crippen LogP contribution >= 0.6 is 24.8 Å². The normalized spacial score (nSPS) is 20.1. The monoisotopic (exact) mass is 376 g/mol. The number of anilines is 1. The minimum absolute atomic E-state index is 0. The number of carbonyl (C=O) groups excluding carboxylic acids is 1. The van der Waals surface area contributed by atoms with Crippen molar-refractivity contribution in [3.63, 3.8) is 0 Å². The SMILES string of the molecule is Cl.Cl.O=C(C1CCNC1)N1CCN(c2cccc([N+](=O)[O-])c2)CC1. The van der Waals surface area contributed by atoms with Crippen LogP contribution in [0.25, 0.3) is 0 Å². The lowest BCUT2D eigenvalue weighted by molar-refractivity contribution is -0.384. The molecule has 1 aromatic rings. The molecule has 1 N–H and O–H groups in total. The molecule has 2 aliphatic rings. The number of nitro benzene ring substituents is 1. The van der Waals surface area contributed by atoms with Gasteiger partial charge in [-0.05, 0) is 19.0 Å². The van der Waals surface area contributed by atoms with Gasteiger partial charge < -0.3 is 15.1 Å². The van der Waals surface area contributed by atoms with Gasteiger partial charge in [0.25, 0.3) is 5.69 Å². The van der Waals surface area contributed by atoms with Gasteiger partial charge in [-0.2, -0.15) is 0 Å². The number of benzene rings is 1. The molecule has 0 bridgehead atoms. The number of hydrogen-bond acceptors (Lipinski definition) is 5. The Morgan fingerprint density at radius 2 is 1.92 bits per heavy atom. The maximum Gasteiger partial charge on any atom is 0.271 e. The first-order valence-corrected chi connectivity index (χ1v) is 7.64. The molecule has 0 saturated carbocycles. The van der Waals surface area contributed by atoms with Gasteiger partial charge in [-0.15, -0.1) is 24.8 Å². The highest BCUT2D eigenvalue weighted by Gasteiger charge is 2.29. The van der Waals surface area contributed by atoms with Crippen LogP contribution in [0.1, 0.15) is 6.42 Å². The molecule has 0 aliphatic carbocycles. The van der Waals surface area contributed by atoms with Gasteiger partial charge in [0.1, 0.15) is 0 Å². The topological polar surface area (TPSA) is 78.7 Å². The minimum atomic E-state index is -0.379. The summed E-state index contributed by atoms with van der Waals surface area (Å²) in [5, 5.41) is 14.1. The first-order valence-electron chi connectivity index (χ1n) is 7.64. The summed E-state index contributed by atoms with van der Waals surface area (Å²) in [6, 6.07) is 6.68. The molecular formula is C15H22Cl2N4O3. The maximum absolute atomic E-state index is 12.4. The zero-order chi connectivity index (χ0) is 15.5. The molecular weight excluding hydrogens is 355 g/mol. The summed E-state index contributed by atoms with van der Waals surface area (Å²) in [6.07, 6.45) is 0.921. The summed E-state index contributed by atoms with van der Waals surface area (Å²) < 4.78 is 0. The highest BCUT2D eigenvalue weighted by Crippen LogP contribution is 2.23. The van der Waals surface area contributed by atoms with Gasteiger partial charge in [0.15, 0.2) is 0 Å². The van der Waals surface area contributed by atoms with E-state index in [1.54, 1.807) is 12.1 Å². The molecule has 0 spiro atoms. The summed E-state index contributed by atoms with van der Waals surface area (Å²) in [5.74, 6) is 0.355. The predicted octanol–water partition coefficient (Wildman–Crippen LogP) is 1.70. The molecule has 134 valence electrons. The van der Waals surface area contributed by atoms with Gasteiger partial charge in [0.2, 0.25) is 5.91 Å². The summed E-state index contributed by atoms with van der Waals surface area (Å²) >= 11 is 0. The second-order valence-electron chi connectivity index (χ2n) is 5.78. The van der Waals surface area contributed by atoms with E-state index >= 15 is 0 Å². The fourth-order valence-corrected chi connectivity index (χ4v) is 3.11. The van der Waals surface area contributed by atoms with Gasteiger partial charge >= 0.3 is 0 Å². The summed E-state index contributed by atoms with van der Waals surface area (Å²) in [6.45, 7) is 4.49. The zero-order valence-corrected chi connectivity index (χ0v) is 14.9. The third kappa shape index (κ3) is 4.49. The van der Waals surface area contributed by atoms with E-state index < -0.39 is 0 Å². The van der Waals surface area contributed by atoms with Crippen LogP contribution < -0.4 is 10.2 Å². The minimum Gasteiger partial charge on any atom is -0.368 e. The fraction of sp³-hybridized carbons (Fsp3) is 0.533. The Labute approximate surface area is 153 Å². The van der Waals surface area contributed by atoms with Crippen LogP contribution in [-0.2, 0) is 4.79 Å². The number of rotatable bonds is 3. The van der Waals surface area contributed by atoms with E-state index in [1.807, 2.05) is 11.0 Å². The molecule has 24 heavy (non-hydrogen) atoms. The molecule has 7 nitrogen and oxygen atoms in total. The van der Waals surface area contributed by atoms with E-state index in [0.29, 0.717) is 26.2 Å². The van der Waals surface area contributed by atoms with Crippen molar-refractivity contribution in [2.75, 3.05) is 44.2 Å². The van der Waals surface area contributed by atoms with Crippen molar-refractivity contribution < 1.29 is 9.72 Å². The van der Waals surface area contributed by atoms with Crippen LogP contribution in [-0.4, -0.2) is 55.0 Å². The zero-order valence-electron chi connectivity index (χ0n) is 13.2. The quantitative estimate of drug-likeness (QED) is 0.641. The highest BCUT2D eigenvalue weighted by molar-refractivity contribution is 5.85. The second-order valence-corrected chi connectivity index (χ2v) is 5.78. The molecule has 2 saturated heterocycles. The molecule has 1 unspecified atom stereocenters. The van der Waals surface area contributed by atoms with Gasteiger partial charge in [-0.25, -0.2) is 0 Å². The Hall–Kier alpha value is -1.57. The number of amides is 1.